The SMILES string of the molecule is CN(C)c1nc(-c2cccnc2)nn1C. The molecule has 0 saturated carbocycles. The van der Waals surface area contributed by atoms with Crippen LogP contribution in [0.15, 0.2) is 24.5 Å². The predicted octanol–water partition coefficient (Wildman–Crippen LogP) is 0.943. The van der Waals surface area contributed by atoms with Gasteiger partial charge in [-0.2, -0.15) is 4.98 Å². The zero-order valence-corrected chi connectivity index (χ0v) is 9.05. The lowest BCUT2D eigenvalue weighted by Crippen LogP contribution is -2.14. The highest BCUT2D eigenvalue weighted by Crippen LogP contribution is 2.16. The van der Waals surface area contributed by atoms with Crippen molar-refractivity contribution in [2.75, 3.05) is 19.0 Å². The minimum Gasteiger partial charge on any atom is -0.347 e. The lowest BCUT2D eigenvalue weighted by Gasteiger charge is -2.08. The summed E-state index contributed by atoms with van der Waals surface area (Å²) < 4.78 is 1.75. The Kier molecular flexibility index (Phi) is 2.37. The van der Waals surface area contributed by atoms with Crippen LogP contribution in [0.1, 0.15) is 0 Å². The summed E-state index contributed by atoms with van der Waals surface area (Å²) in [5.41, 5.74) is 0.932. The minimum atomic E-state index is 0.703. The molecule has 15 heavy (non-hydrogen) atoms. The molecule has 5 nitrogen and oxygen atoms in total. The lowest BCUT2D eigenvalue weighted by molar-refractivity contribution is 0.753. The maximum absolute atomic E-state index is 4.42. The Morgan fingerprint density at radius 2 is 2.13 bits per heavy atom. The summed E-state index contributed by atoms with van der Waals surface area (Å²) in [6, 6.07) is 3.82. The molecular formula is C10H13N5. The van der Waals surface area contributed by atoms with Crippen LogP contribution in [0.4, 0.5) is 5.95 Å². The first-order valence-corrected chi connectivity index (χ1v) is 4.67. The third-order valence-corrected chi connectivity index (χ3v) is 2.06. The number of rotatable bonds is 2. The lowest BCUT2D eigenvalue weighted by atomic mass is 10.3. The van der Waals surface area contributed by atoms with Gasteiger partial charge in [0.25, 0.3) is 0 Å². The van der Waals surface area contributed by atoms with Gasteiger partial charge in [0, 0.05) is 39.1 Å². The summed E-state index contributed by atoms with van der Waals surface area (Å²) in [5, 5.41) is 4.33. The van der Waals surface area contributed by atoms with Gasteiger partial charge in [-0.25, -0.2) is 4.68 Å². The first-order valence-electron chi connectivity index (χ1n) is 4.67. The second kappa shape index (κ2) is 3.68. The fourth-order valence-corrected chi connectivity index (χ4v) is 1.38. The van der Waals surface area contributed by atoms with E-state index >= 15 is 0 Å². The predicted molar refractivity (Wildman–Crippen MR) is 58.6 cm³/mol. The zero-order chi connectivity index (χ0) is 10.8. The minimum absolute atomic E-state index is 0.703. The van der Waals surface area contributed by atoms with Gasteiger partial charge < -0.3 is 4.90 Å². The molecule has 0 fully saturated rings. The van der Waals surface area contributed by atoms with E-state index in [2.05, 4.69) is 15.1 Å². The van der Waals surface area contributed by atoms with Crippen LogP contribution in [0.3, 0.4) is 0 Å². The van der Waals surface area contributed by atoms with Gasteiger partial charge >= 0.3 is 0 Å². The molecule has 0 spiro atoms. The molecule has 0 unspecified atom stereocenters. The normalized spacial score (nSPS) is 10.3. The van der Waals surface area contributed by atoms with E-state index in [0.29, 0.717) is 5.82 Å². The van der Waals surface area contributed by atoms with Gasteiger partial charge in [-0.05, 0) is 12.1 Å². The Balaban J connectivity index is 2.43. The molecular weight excluding hydrogens is 190 g/mol. The van der Waals surface area contributed by atoms with Crippen LogP contribution < -0.4 is 4.90 Å². The second-order valence-corrected chi connectivity index (χ2v) is 3.50. The van der Waals surface area contributed by atoms with E-state index in [1.807, 2.05) is 38.2 Å². The number of aryl methyl sites for hydroxylation is 1. The van der Waals surface area contributed by atoms with Gasteiger partial charge in [-0.15, -0.1) is 5.10 Å². The van der Waals surface area contributed by atoms with Crippen LogP contribution in [-0.4, -0.2) is 33.8 Å². The number of hydrogen-bond donors (Lipinski definition) is 0. The number of hydrogen-bond acceptors (Lipinski definition) is 4. The average Bonchev–Trinajstić information content (AvgIpc) is 2.62. The number of aromatic nitrogens is 4. The van der Waals surface area contributed by atoms with Gasteiger partial charge in [-0.1, -0.05) is 0 Å². The molecule has 0 bridgehead atoms. The molecule has 78 valence electrons. The highest BCUT2D eigenvalue weighted by molar-refractivity contribution is 5.54. The van der Waals surface area contributed by atoms with Crippen LogP contribution in [0.2, 0.25) is 0 Å². The van der Waals surface area contributed by atoms with Crippen molar-refractivity contribution in [3.8, 4) is 11.4 Å². The van der Waals surface area contributed by atoms with Crippen LogP contribution in [-0.2, 0) is 7.05 Å². The fourth-order valence-electron chi connectivity index (χ4n) is 1.38. The molecule has 2 rings (SSSR count). The van der Waals surface area contributed by atoms with Gasteiger partial charge in [0.2, 0.25) is 5.95 Å². The van der Waals surface area contributed by atoms with Crippen LogP contribution in [0, 0.1) is 0 Å². The topological polar surface area (TPSA) is 46.8 Å². The second-order valence-electron chi connectivity index (χ2n) is 3.50. The maximum atomic E-state index is 4.42. The maximum Gasteiger partial charge on any atom is 0.223 e. The van der Waals surface area contributed by atoms with Crippen molar-refractivity contribution in [3.63, 3.8) is 0 Å². The largest absolute Gasteiger partial charge is 0.347 e. The average molecular weight is 203 g/mol. The monoisotopic (exact) mass is 203 g/mol. The summed E-state index contributed by atoms with van der Waals surface area (Å²) in [6.07, 6.45) is 3.49. The Hall–Kier alpha value is -1.91. The number of anilines is 1. The molecule has 0 aromatic carbocycles. The van der Waals surface area contributed by atoms with Gasteiger partial charge in [-0.3, -0.25) is 4.98 Å². The van der Waals surface area contributed by atoms with Crippen molar-refractivity contribution in [1.29, 1.82) is 0 Å². The molecule has 2 aromatic heterocycles. The summed E-state index contributed by atoms with van der Waals surface area (Å²) >= 11 is 0. The summed E-state index contributed by atoms with van der Waals surface area (Å²) in [4.78, 5) is 10.4. The molecule has 0 N–H and O–H groups in total. The summed E-state index contributed by atoms with van der Waals surface area (Å²) in [7, 11) is 5.76. The molecule has 2 aromatic rings. The Morgan fingerprint density at radius 3 is 2.67 bits per heavy atom. The third-order valence-electron chi connectivity index (χ3n) is 2.06. The molecule has 0 amide bonds. The molecule has 0 atom stereocenters. The van der Waals surface area contributed by atoms with E-state index in [-0.39, 0.29) is 0 Å². The van der Waals surface area contributed by atoms with Crippen molar-refractivity contribution in [2.45, 2.75) is 0 Å². The smallest absolute Gasteiger partial charge is 0.223 e. The Morgan fingerprint density at radius 1 is 1.33 bits per heavy atom. The van der Waals surface area contributed by atoms with Crippen molar-refractivity contribution in [3.05, 3.63) is 24.5 Å². The van der Waals surface area contributed by atoms with E-state index in [1.165, 1.54) is 0 Å². The van der Waals surface area contributed by atoms with E-state index in [1.54, 1.807) is 17.1 Å². The molecule has 0 aliphatic heterocycles. The van der Waals surface area contributed by atoms with Gasteiger partial charge in [0.15, 0.2) is 5.82 Å². The van der Waals surface area contributed by atoms with Crippen molar-refractivity contribution < 1.29 is 0 Å². The number of pyridine rings is 1. The van der Waals surface area contributed by atoms with Crippen LogP contribution >= 0.6 is 0 Å². The highest BCUT2D eigenvalue weighted by atomic mass is 15.4. The molecule has 0 aliphatic rings. The van der Waals surface area contributed by atoms with Crippen molar-refractivity contribution in [1.82, 2.24) is 19.7 Å². The molecule has 0 radical (unpaired) electrons. The first-order chi connectivity index (χ1) is 7.18. The Labute approximate surface area is 88.4 Å². The van der Waals surface area contributed by atoms with Gasteiger partial charge in [0.1, 0.15) is 0 Å². The zero-order valence-electron chi connectivity index (χ0n) is 9.05. The van der Waals surface area contributed by atoms with Gasteiger partial charge in [0.05, 0.1) is 0 Å². The van der Waals surface area contributed by atoms with Crippen molar-refractivity contribution >= 4 is 5.95 Å². The molecule has 5 heteroatoms. The first kappa shape index (κ1) is 9.64. The van der Waals surface area contributed by atoms with Crippen LogP contribution in [0.5, 0.6) is 0 Å². The van der Waals surface area contributed by atoms with Crippen molar-refractivity contribution in [2.24, 2.45) is 7.05 Å². The highest BCUT2D eigenvalue weighted by Gasteiger charge is 2.09. The Bertz CT molecular complexity index is 446. The summed E-state index contributed by atoms with van der Waals surface area (Å²) in [5.74, 6) is 1.53. The molecule has 0 aliphatic carbocycles. The van der Waals surface area contributed by atoms with E-state index in [9.17, 15) is 0 Å². The van der Waals surface area contributed by atoms with E-state index in [4.69, 9.17) is 0 Å². The third kappa shape index (κ3) is 1.81. The van der Waals surface area contributed by atoms with Crippen LogP contribution in [0.25, 0.3) is 11.4 Å². The number of nitrogens with zero attached hydrogens (tertiary/aromatic N) is 5. The quantitative estimate of drug-likeness (QED) is 0.729. The summed E-state index contributed by atoms with van der Waals surface area (Å²) in [6.45, 7) is 0. The standard InChI is InChI=1S/C10H13N5/c1-14(2)10-12-9(13-15(10)3)8-5-4-6-11-7-8/h4-7H,1-3H3. The molecule has 0 saturated heterocycles. The molecule has 2 heterocycles. The fraction of sp³-hybridized carbons (Fsp3) is 0.300. The van der Waals surface area contributed by atoms with E-state index < -0.39 is 0 Å². The van der Waals surface area contributed by atoms with E-state index in [0.717, 1.165) is 11.5 Å².